The fourth-order valence-corrected chi connectivity index (χ4v) is 2.65. The molecule has 0 aliphatic carbocycles. The highest BCUT2D eigenvalue weighted by Gasteiger charge is 2.24. The monoisotopic (exact) mass is 436 g/mol. The number of nitrogens with one attached hydrogen (secondary N) is 3. The van der Waals surface area contributed by atoms with Crippen LogP contribution in [0.15, 0.2) is 48.5 Å². The summed E-state index contributed by atoms with van der Waals surface area (Å²) in [5, 5.41) is 14.2. The van der Waals surface area contributed by atoms with Gasteiger partial charge >= 0.3 is 0 Å². The molecule has 0 aliphatic rings. The highest BCUT2D eigenvalue weighted by atomic mass is 19.1. The molecule has 0 aromatic heterocycles. The fraction of sp³-hybridized carbons (Fsp3) is 0.250. The molecular weight excluding hydrogens is 411 g/mol. The molecular formula is C24H25FN4O3. The number of benzene rings is 2. The lowest BCUT2D eigenvalue weighted by atomic mass is 10.1. The maximum absolute atomic E-state index is 12.3. The van der Waals surface area contributed by atoms with Gasteiger partial charge in [0.1, 0.15) is 12.7 Å². The largest absolute Gasteiger partial charge is 0.339 e. The van der Waals surface area contributed by atoms with Gasteiger partial charge in [-0.3, -0.25) is 14.8 Å². The summed E-state index contributed by atoms with van der Waals surface area (Å²) in [7, 11) is 0. The van der Waals surface area contributed by atoms with Crippen LogP contribution in [0.3, 0.4) is 0 Å². The number of carbonyl (C=O) groups excluding carboxylic acids is 2. The topological polar surface area (TPSA) is 116 Å². The number of amides is 2. The Morgan fingerprint density at radius 1 is 1.03 bits per heavy atom. The van der Waals surface area contributed by atoms with Crippen molar-refractivity contribution in [3.8, 4) is 23.7 Å². The van der Waals surface area contributed by atoms with Gasteiger partial charge in [-0.05, 0) is 60.7 Å². The van der Waals surface area contributed by atoms with E-state index in [0.717, 1.165) is 11.1 Å². The van der Waals surface area contributed by atoms with Gasteiger partial charge in [-0.1, -0.05) is 24.0 Å². The number of alkyl halides is 1. The summed E-state index contributed by atoms with van der Waals surface area (Å²) in [6.45, 7) is 2.08. The van der Waals surface area contributed by atoms with Crippen LogP contribution in [-0.4, -0.2) is 42.3 Å². The maximum atomic E-state index is 12.3. The van der Waals surface area contributed by atoms with Crippen LogP contribution in [0.25, 0.3) is 0 Å². The van der Waals surface area contributed by atoms with E-state index in [1.54, 1.807) is 31.2 Å². The second kappa shape index (κ2) is 12.9. The standard InChI is InChI=1S/C24H25FN4O3/c1-17(26)22(24(31)29-32)28-23(30)21-12-10-19(11-13-21)5-3-2-4-18-6-8-20(9-7-18)16-27-15-14-25/h6-13,17,22,27,32H,14-16,26H2,1H3,(H,28,30)(H,29,31)/t17-,22+/m1/s1. The van der Waals surface area contributed by atoms with E-state index in [-0.39, 0.29) is 0 Å². The molecule has 32 heavy (non-hydrogen) atoms. The normalized spacial score (nSPS) is 11.8. The molecule has 0 spiro atoms. The Morgan fingerprint density at radius 2 is 1.59 bits per heavy atom. The zero-order valence-electron chi connectivity index (χ0n) is 17.6. The van der Waals surface area contributed by atoms with E-state index in [1.807, 2.05) is 24.3 Å². The van der Waals surface area contributed by atoms with Crippen molar-refractivity contribution in [2.45, 2.75) is 25.6 Å². The minimum absolute atomic E-state index is 0.319. The average molecular weight is 436 g/mol. The summed E-state index contributed by atoms with van der Waals surface area (Å²) in [4.78, 5) is 23.9. The van der Waals surface area contributed by atoms with E-state index in [1.165, 1.54) is 5.48 Å². The summed E-state index contributed by atoms with van der Waals surface area (Å²) >= 11 is 0. The lowest BCUT2D eigenvalue weighted by Gasteiger charge is -2.19. The van der Waals surface area contributed by atoms with Crippen molar-refractivity contribution in [2.24, 2.45) is 5.73 Å². The predicted octanol–water partition coefficient (Wildman–Crippen LogP) is 1.10. The number of rotatable bonds is 8. The molecule has 2 amide bonds. The van der Waals surface area contributed by atoms with Crippen molar-refractivity contribution in [3.05, 3.63) is 70.8 Å². The molecule has 0 unspecified atom stereocenters. The number of hydroxylamine groups is 1. The third-order valence-electron chi connectivity index (χ3n) is 4.38. The van der Waals surface area contributed by atoms with Crippen LogP contribution in [0.1, 0.15) is 34.0 Å². The van der Waals surface area contributed by atoms with E-state index in [9.17, 15) is 14.0 Å². The molecule has 0 aliphatic heterocycles. The SMILES string of the molecule is C[C@@H](N)[C@H](NC(=O)c1ccc(C#CC#Cc2ccc(CNCCF)cc2)cc1)C(=O)NO. The van der Waals surface area contributed by atoms with Gasteiger partial charge in [0.05, 0.1) is 0 Å². The number of halogens is 1. The van der Waals surface area contributed by atoms with Crippen LogP contribution in [-0.2, 0) is 11.3 Å². The lowest BCUT2D eigenvalue weighted by Crippen LogP contribution is -2.54. The van der Waals surface area contributed by atoms with Crippen LogP contribution < -0.4 is 21.8 Å². The molecule has 8 heteroatoms. The van der Waals surface area contributed by atoms with Crippen LogP contribution in [0.4, 0.5) is 4.39 Å². The first-order chi connectivity index (χ1) is 15.4. The molecule has 166 valence electrons. The molecule has 2 aromatic rings. The molecule has 0 bridgehead atoms. The molecule has 2 atom stereocenters. The molecule has 0 fully saturated rings. The van der Waals surface area contributed by atoms with Gasteiger partial charge < -0.3 is 16.4 Å². The van der Waals surface area contributed by atoms with Crippen LogP contribution >= 0.6 is 0 Å². The van der Waals surface area contributed by atoms with Gasteiger partial charge in [0.15, 0.2) is 0 Å². The number of carbonyl (C=O) groups is 2. The van der Waals surface area contributed by atoms with Gasteiger partial charge in [0.2, 0.25) is 0 Å². The summed E-state index contributed by atoms with van der Waals surface area (Å²) in [6.07, 6.45) is 0. The van der Waals surface area contributed by atoms with Gasteiger partial charge in [0.25, 0.3) is 11.8 Å². The number of nitrogens with two attached hydrogens (primary N) is 1. The minimum atomic E-state index is -1.07. The Kier molecular flexibility index (Phi) is 9.89. The van der Waals surface area contributed by atoms with Crippen LogP contribution in [0.5, 0.6) is 0 Å². The second-order valence-corrected chi connectivity index (χ2v) is 6.93. The maximum Gasteiger partial charge on any atom is 0.267 e. The van der Waals surface area contributed by atoms with E-state index in [4.69, 9.17) is 10.9 Å². The first-order valence-electron chi connectivity index (χ1n) is 9.92. The Hall–Kier alpha value is -3.69. The van der Waals surface area contributed by atoms with Gasteiger partial charge in [-0.25, -0.2) is 9.87 Å². The molecule has 0 saturated heterocycles. The Balaban J connectivity index is 1.95. The summed E-state index contributed by atoms with van der Waals surface area (Å²) in [6, 6.07) is 12.3. The molecule has 0 saturated carbocycles. The van der Waals surface area contributed by atoms with Crippen LogP contribution in [0, 0.1) is 23.7 Å². The van der Waals surface area contributed by atoms with Crippen molar-refractivity contribution in [3.63, 3.8) is 0 Å². The number of hydrogen-bond donors (Lipinski definition) is 5. The number of hydrogen-bond acceptors (Lipinski definition) is 5. The van der Waals surface area contributed by atoms with Crippen molar-refractivity contribution in [1.82, 2.24) is 16.1 Å². The van der Waals surface area contributed by atoms with Crippen molar-refractivity contribution in [2.75, 3.05) is 13.2 Å². The van der Waals surface area contributed by atoms with Gasteiger partial charge in [-0.2, -0.15) is 0 Å². The predicted molar refractivity (Wildman–Crippen MR) is 119 cm³/mol. The first-order valence-corrected chi connectivity index (χ1v) is 9.92. The third-order valence-corrected chi connectivity index (χ3v) is 4.38. The van der Waals surface area contributed by atoms with E-state index in [0.29, 0.717) is 24.2 Å². The molecule has 7 nitrogen and oxygen atoms in total. The molecule has 2 aromatic carbocycles. The van der Waals surface area contributed by atoms with Crippen molar-refractivity contribution >= 4 is 11.8 Å². The smallest absolute Gasteiger partial charge is 0.267 e. The van der Waals surface area contributed by atoms with Crippen LogP contribution in [0.2, 0.25) is 0 Å². The summed E-state index contributed by atoms with van der Waals surface area (Å²) in [5.74, 6) is 10.1. The highest BCUT2D eigenvalue weighted by Crippen LogP contribution is 2.05. The molecule has 0 radical (unpaired) electrons. The zero-order chi connectivity index (χ0) is 23.3. The Bertz CT molecular complexity index is 1030. The average Bonchev–Trinajstić information content (AvgIpc) is 2.81. The zero-order valence-corrected chi connectivity index (χ0v) is 17.6. The quantitative estimate of drug-likeness (QED) is 0.184. The van der Waals surface area contributed by atoms with E-state index in [2.05, 4.69) is 34.3 Å². The van der Waals surface area contributed by atoms with Crippen molar-refractivity contribution in [1.29, 1.82) is 0 Å². The first kappa shape index (κ1) is 24.6. The minimum Gasteiger partial charge on any atom is -0.339 e. The second-order valence-electron chi connectivity index (χ2n) is 6.93. The van der Waals surface area contributed by atoms with E-state index >= 15 is 0 Å². The highest BCUT2D eigenvalue weighted by molar-refractivity contribution is 5.97. The summed E-state index contributed by atoms with van der Waals surface area (Å²) in [5.41, 5.74) is 10.0. The molecule has 0 heterocycles. The fourth-order valence-electron chi connectivity index (χ4n) is 2.65. The Labute approximate surface area is 186 Å². The summed E-state index contributed by atoms with van der Waals surface area (Å²) < 4.78 is 12.1. The molecule has 6 N–H and O–H groups in total. The van der Waals surface area contributed by atoms with Gasteiger partial charge in [0, 0.05) is 35.8 Å². The Morgan fingerprint density at radius 3 is 2.09 bits per heavy atom. The third kappa shape index (κ3) is 7.86. The van der Waals surface area contributed by atoms with E-state index < -0.39 is 30.6 Å². The lowest BCUT2D eigenvalue weighted by molar-refractivity contribution is -0.131. The van der Waals surface area contributed by atoms with Gasteiger partial charge in [-0.15, -0.1) is 0 Å². The van der Waals surface area contributed by atoms with Crippen molar-refractivity contribution < 1.29 is 19.2 Å². The molecule has 2 rings (SSSR count).